The summed E-state index contributed by atoms with van der Waals surface area (Å²) < 4.78 is 0. The highest BCUT2D eigenvalue weighted by atomic mass is 14.7. The number of nitrogens with two attached hydrogens (primary N) is 1. The first-order valence-corrected chi connectivity index (χ1v) is 9.54. The molecule has 0 amide bonds. The van der Waals surface area contributed by atoms with Gasteiger partial charge in [-0.2, -0.15) is 15.8 Å². The van der Waals surface area contributed by atoms with Crippen molar-refractivity contribution in [2.45, 2.75) is 24.7 Å². The normalized spacial score (nSPS) is 25.0. The molecule has 1 heterocycles. The van der Waals surface area contributed by atoms with E-state index in [1.807, 2.05) is 24.3 Å². The monoisotopic (exact) mass is 377 g/mol. The summed E-state index contributed by atoms with van der Waals surface area (Å²) in [4.78, 5) is 4.21. The molecule has 0 unspecified atom stereocenters. The average molecular weight is 377 g/mol. The third kappa shape index (κ3) is 2.78. The van der Waals surface area contributed by atoms with Crippen LogP contribution in [-0.4, -0.2) is 4.98 Å². The minimum Gasteiger partial charge on any atom is -0.399 e. The van der Waals surface area contributed by atoms with Crippen LogP contribution in [0.3, 0.4) is 0 Å². The first-order chi connectivity index (χ1) is 14.2. The smallest absolute Gasteiger partial charge is 0.191 e. The molecule has 0 saturated heterocycles. The van der Waals surface area contributed by atoms with Crippen LogP contribution in [0.2, 0.25) is 0 Å². The summed E-state index contributed by atoms with van der Waals surface area (Å²) in [6.45, 7) is 0. The van der Waals surface area contributed by atoms with E-state index in [-0.39, 0.29) is 23.1 Å². The maximum absolute atomic E-state index is 10.1. The second-order valence-corrected chi connectivity index (χ2v) is 7.54. The molecule has 5 heteroatoms. The van der Waals surface area contributed by atoms with Gasteiger partial charge in [-0.1, -0.05) is 42.5 Å². The van der Waals surface area contributed by atoms with Gasteiger partial charge in [0.25, 0.3) is 0 Å². The zero-order valence-corrected chi connectivity index (χ0v) is 15.8. The maximum Gasteiger partial charge on any atom is 0.191 e. The number of nitrogens with zero attached hydrogens (tertiary/aromatic N) is 4. The number of aromatic nitrogens is 1. The summed E-state index contributed by atoms with van der Waals surface area (Å²) in [5.41, 5.74) is 7.92. The van der Waals surface area contributed by atoms with E-state index < -0.39 is 11.3 Å². The van der Waals surface area contributed by atoms with Crippen molar-refractivity contribution in [1.29, 1.82) is 15.8 Å². The van der Waals surface area contributed by atoms with Crippen molar-refractivity contribution < 1.29 is 0 Å². The quantitative estimate of drug-likeness (QED) is 0.848. The highest BCUT2D eigenvalue weighted by molar-refractivity contribution is 5.59. The van der Waals surface area contributed by atoms with Gasteiger partial charge in [0.05, 0.1) is 23.4 Å². The zero-order chi connectivity index (χ0) is 20.4. The number of nitriles is 3. The molecular weight excluding hydrogens is 358 g/mol. The van der Waals surface area contributed by atoms with Crippen molar-refractivity contribution in [2.75, 3.05) is 0 Å². The summed E-state index contributed by atoms with van der Waals surface area (Å²) in [7, 11) is 0. The molecule has 4 rings (SSSR count). The second kappa shape index (κ2) is 7.27. The lowest BCUT2D eigenvalue weighted by atomic mass is 9.55. The Balaban J connectivity index is 1.93. The van der Waals surface area contributed by atoms with Crippen molar-refractivity contribution in [3.05, 3.63) is 88.9 Å². The van der Waals surface area contributed by atoms with Gasteiger partial charge in [0, 0.05) is 18.3 Å². The number of rotatable bonds is 2. The molecule has 29 heavy (non-hydrogen) atoms. The molecule has 2 aliphatic carbocycles. The van der Waals surface area contributed by atoms with Gasteiger partial charge in [-0.25, -0.2) is 0 Å². The summed E-state index contributed by atoms with van der Waals surface area (Å²) in [6, 6.07) is 20.4. The molecule has 5 nitrogen and oxygen atoms in total. The molecule has 0 fully saturated rings. The molecule has 140 valence electrons. The lowest BCUT2D eigenvalue weighted by Crippen LogP contribution is -2.43. The minimum absolute atomic E-state index is 0.0551. The number of benzene rings is 1. The van der Waals surface area contributed by atoms with E-state index in [2.05, 4.69) is 41.4 Å². The van der Waals surface area contributed by atoms with Crippen LogP contribution in [0.15, 0.2) is 77.8 Å². The van der Waals surface area contributed by atoms with Gasteiger partial charge in [-0.3, -0.25) is 4.98 Å². The SMILES string of the molecule is N#CC1=C(N)C(C#N)(C#N)[C@H](c2cccnc2)[C@@H]2C[C@@H](c3ccccc3)CC=C12. The molecule has 1 aromatic carbocycles. The lowest BCUT2D eigenvalue weighted by Gasteiger charge is -2.44. The van der Waals surface area contributed by atoms with E-state index in [4.69, 9.17) is 5.73 Å². The van der Waals surface area contributed by atoms with E-state index in [0.29, 0.717) is 0 Å². The molecular formula is C24H19N5. The number of hydrogen-bond donors (Lipinski definition) is 1. The van der Waals surface area contributed by atoms with Gasteiger partial charge in [-0.15, -0.1) is 0 Å². The van der Waals surface area contributed by atoms with Crippen molar-refractivity contribution in [3.63, 3.8) is 0 Å². The van der Waals surface area contributed by atoms with Crippen LogP contribution in [0.4, 0.5) is 0 Å². The fourth-order valence-corrected chi connectivity index (χ4v) is 4.82. The fraction of sp³-hybridized carbons (Fsp3) is 0.250. The van der Waals surface area contributed by atoms with Crippen LogP contribution in [0, 0.1) is 45.3 Å². The van der Waals surface area contributed by atoms with Gasteiger partial charge >= 0.3 is 0 Å². The van der Waals surface area contributed by atoms with Crippen LogP contribution in [0.5, 0.6) is 0 Å². The predicted molar refractivity (Wildman–Crippen MR) is 107 cm³/mol. The molecule has 2 N–H and O–H groups in total. The van der Waals surface area contributed by atoms with Gasteiger partial charge in [-0.05, 0) is 47.4 Å². The molecule has 3 atom stereocenters. The van der Waals surface area contributed by atoms with Gasteiger partial charge in [0.2, 0.25) is 0 Å². The zero-order valence-electron chi connectivity index (χ0n) is 15.8. The van der Waals surface area contributed by atoms with Gasteiger partial charge < -0.3 is 5.73 Å². The van der Waals surface area contributed by atoms with E-state index in [1.54, 1.807) is 18.5 Å². The standard InChI is InChI=1S/C24H19N5/c25-12-21-19-9-8-17(16-5-2-1-3-6-16)11-20(19)22(18-7-4-10-29-13-18)24(14-26,15-27)23(21)28/h1-7,9-10,13,17,20,22H,8,11,28H2/t17-,20+,22+/m0/s1. The van der Waals surface area contributed by atoms with Crippen molar-refractivity contribution in [2.24, 2.45) is 17.1 Å². The molecule has 0 bridgehead atoms. The number of pyridine rings is 1. The summed E-state index contributed by atoms with van der Waals surface area (Å²) in [5.74, 6) is -0.404. The van der Waals surface area contributed by atoms with Crippen LogP contribution >= 0.6 is 0 Å². The highest BCUT2D eigenvalue weighted by Crippen LogP contribution is 2.57. The van der Waals surface area contributed by atoms with Crippen LogP contribution < -0.4 is 5.73 Å². The Morgan fingerprint density at radius 1 is 1.00 bits per heavy atom. The largest absolute Gasteiger partial charge is 0.399 e. The van der Waals surface area contributed by atoms with Crippen molar-refractivity contribution in [3.8, 4) is 18.2 Å². The van der Waals surface area contributed by atoms with Crippen molar-refractivity contribution >= 4 is 0 Å². The number of allylic oxidation sites excluding steroid dienone is 4. The Bertz CT molecular complexity index is 1100. The summed E-state index contributed by atoms with van der Waals surface area (Å²) in [5, 5.41) is 30.0. The van der Waals surface area contributed by atoms with Crippen LogP contribution in [0.25, 0.3) is 0 Å². The topological polar surface area (TPSA) is 110 Å². The molecule has 0 aliphatic heterocycles. The van der Waals surface area contributed by atoms with Crippen LogP contribution in [0.1, 0.15) is 35.8 Å². The first-order valence-electron chi connectivity index (χ1n) is 9.54. The van der Waals surface area contributed by atoms with E-state index >= 15 is 0 Å². The number of fused-ring (bicyclic) bond motifs is 1. The third-order valence-electron chi connectivity index (χ3n) is 6.19. The molecule has 0 saturated carbocycles. The Morgan fingerprint density at radius 2 is 1.72 bits per heavy atom. The molecule has 2 aliphatic rings. The molecule has 0 radical (unpaired) electrons. The number of hydrogen-bond acceptors (Lipinski definition) is 5. The third-order valence-corrected chi connectivity index (χ3v) is 6.19. The highest BCUT2D eigenvalue weighted by Gasteiger charge is 2.54. The van der Waals surface area contributed by atoms with Gasteiger partial charge in [0.1, 0.15) is 6.07 Å². The average Bonchev–Trinajstić information content (AvgIpc) is 2.79. The first kappa shape index (κ1) is 18.5. The lowest BCUT2D eigenvalue weighted by molar-refractivity contribution is 0.302. The fourth-order valence-electron chi connectivity index (χ4n) is 4.82. The van der Waals surface area contributed by atoms with Crippen LogP contribution in [-0.2, 0) is 0 Å². The Kier molecular flexibility index (Phi) is 4.63. The molecule has 2 aromatic rings. The van der Waals surface area contributed by atoms with E-state index in [9.17, 15) is 15.8 Å². The molecule has 1 aromatic heterocycles. The Hall–Kier alpha value is -3.88. The minimum atomic E-state index is -1.60. The Morgan fingerprint density at radius 3 is 2.34 bits per heavy atom. The second-order valence-electron chi connectivity index (χ2n) is 7.54. The maximum atomic E-state index is 10.1. The molecule has 0 spiro atoms. The predicted octanol–water partition coefficient (Wildman–Crippen LogP) is 4.07. The summed E-state index contributed by atoms with van der Waals surface area (Å²) in [6.07, 6.45) is 6.96. The van der Waals surface area contributed by atoms with E-state index in [0.717, 1.165) is 24.0 Å². The summed E-state index contributed by atoms with van der Waals surface area (Å²) >= 11 is 0. The van der Waals surface area contributed by atoms with E-state index in [1.165, 1.54) is 5.56 Å². The van der Waals surface area contributed by atoms with Crippen molar-refractivity contribution in [1.82, 2.24) is 4.98 Å². The van der Waals surface area contributed by atoms with Gasteiger partial charge in [0.15, 0.2) is 5.41 Å². The Labute approximate surface area is 170 Å².